The molecule has 130 valence electrons. The first-order valence-corrected chi connectivity index (χ1v) is 8.26. The summed E-state index contributed by atoms with van der Waals surface area (Å²) in [5.74, 6) is -0.208. The Hall–Kier alpha value is -3.40. The number of carboxylic acid groups (broad SMARTS) is 1. The van der Waals surface area contributed by atoms with Gasteiger partial charge in [0.05, 0.1) is 11.3 Å². The Kier molecular flexibility index (Phi) is 5.44. The smallest absolute Gasteiger partial charge is 0.335 e. The number of para-hydroxylation sites is 1. The van der Waals surface area contributed by atoms with Crippen LogP contribution in [0.3, 0.4) is 0 Å². The zero-order valence-electron chi connectivity index (χ0n) is 14.4. The second kappa shape index (κ2) is 8.12. The summed E-state index contributed by atoms with van der Waals surface area (Å²) in [4.78, 5) is 15.4. The van der Waals surface area contributed by atoms with E-state index in [2.05, 4.69) is 4.99 Å². The van der Waals surface area contributed by atoms with Crippen LogP contribution in [0.2, 0.25) is 0 Å². The van der Waals surface area contributed by atoms with E-state index in [0.29, 0.717) is 6.61 Å². The average Bonchev–Trinajstić information content (AvgIpc) is 2.67. The van der Waals surface area contributed by atoms with E-state index in [9.17, 15) is 4.79 Å². The number of carbonyl (C=O) groups is 1. The molecule has 0 aliphatic carbocycles. The van der Waals surface area contributed by atoms with Gasteiger partial charge in [-0.05, 0) is 48.9 Å². The molecule has 0 aliphatic heterocycles. The molecule has 0 spiro atoms. The third-order valence-corrected chi connectivity index (χ3v) is 3.90. The summed E-state index contributed by atoms with van der Waals surface area (Å²) in [6, 6.07) is 22.3. The van der Waals surface area contributed by atoms with Crippen molar-refractivity contribution in [3.8, 4) is 5.75 Å². The third-order valence-electron chi connectivity index (χ3n) is 3.90. The van der Waals surface area contributed by atoms with Gasteiger partial charge in [0, 0.05) is 11.8 Å². The molecule has 4 nitrogen and oxygen atoms in total. The van der Waals surface area contributed by atoms with Crippen LogP contribution in [0.4, 0.5) is 5.69 Å². The molecule has 0 saturated heterocycles. The normalized spacial score (nSPS) is 10.8. The largest absolute Gasteiger partial charge is 0.488 e. The predicted molar refractivity (Wildman–Crippen MR) is 103 cm³/mol. The first-order chi connectivity index (χ1) is 12.6. The highest BCUT2D eigenvalue weighted by molar-refractivity contribution is 5.87. The fourth-order valence-corrected chi connectivity index (χ4v) is 2.40. The Morgan fingerprint density at radius 2 is 1.69 bits per heavy atom. The number of rotatable bonds is 6. The highest BCUT2D eigenvalue weighted by Gasteiger charge is 2.04. The predicted octanol–water partition coefficient (Wildman–Crippen LogP) is 5.02. The molecule has 0 aromatic heterocycles. The summed E-state index contributed by atoms with van der Waals surface area (Å²) in [6.07, 6.45) is 1.79. The summed E-state index contributed by atoms with van der Waals surface area (Å²) in [6.45, 7) is 2.40. The average molecular weight is 345 g/mol. The van der Waals surface area contributed by atoms with Crippen LogP contribution in [0, 0.1) is 6.92 Å². The van der Waals surface area contributed by atoms with Crippen molar-refractivity contribution in [1.29, 1.82) is 0 Å². The van der Waals surface area contributed by atoms with E-state index < -0.39 is 5.97 Å². The van der Waals surface area contributed by atoms with Gasteiger partial charge in [-0.3, -0.25) is 4.99 Å². The number of benzene rings is 3. The highest BCUT2D eigenvalue weighted by atomic mass is 16.5. The summed E-state index contributed by atoms with van der Waals surface area (Å²) in [5.41, 5.74) is 4.13. The number of aromatic carboxylic acids is 1. The minimum absolute atomic E-state index is 0.263. The van der Waals surface area contributed by atoms with Crippen molar-refractivity contribution in [2.75, 3.05) is 0 Å². The quantitative estimate of drug-likeness (QED) is 0.638. The lowest BCUT2D eigenvalue weighted by Crippen LogP contribution is -2.00. The van der Waals surface area contributed by atoms with Crippen molar-refractivity contribution in [3.63, 3.8) is 0 Å². The van der Waals surface area contributed by atoms with Crippen molar-refractivity contribution in [2.45, 2.75) is 13.5 Å². The number of aryl methyl sites for hydroxylation is 1. The number of hydrogen-bond acceptors (Lipinski definition) is 3. The van der Waals surface area contributed by atoms with Gasteiger partial charge in [0.2, 0.25) is 0 Å². The molecule has 1 N–H and O–H groups in total. The summed E-state index contributed by atoms with van der Waals surface area (Å²) in [7, 11) is 0. The van der Waals surface area contributed by atoms with E-state index in [-0.39, 0.29) is 5.56 Å². The van der Waals surface area contributed by atoms with Gasteiger partial charge < -0.3 is 9.84 Å². The number of nitrogens with zero attached hydrogens (tertiary/aromatic N) is 1. The van der Waals surface area contributed by atoms with Crippen LogP contribution < -0.4 is 4.74 Å². The molecule has 4 heteroatoms. The molecule has 0 amide bonds. The Morgan fingerprint density at radius 3 is 2.38 bits per heavy atom. The standard InChI is InChI=1S/C22H19NO3/c1-16-6-12-20(13-7-16)23-14-19-4-2-3-5-21(19)26-15-17-8-10-18(11-9-17)22(24)25/h2-14H,15H2,1H3,(H,24,25). The zero-order chi connectivity index (χ0) is 18.4. The number of ether oxygens (including phenoxy) is 1. The van der Waals surface area contributed by atoms with Crippen LogP contribution in [0.15, 0.2) is 77.8 Å². The minimum Gasteiger partial charge on any atom is -0.488 e. The molecule has 26 heavy (non-hydrogen) atoms. The second-order valence-electron chi connectivity index (χ2n) is 5.92. The van der Waals surface area contributed by atoms with Crippen LogP contribution in [0.25, 0.3) is 0 Å². The molecule has 0 saturated carbocycles. The second-order valence-corrected chi connectivity index (χ2v) is 5.92. The number of carboxylic acids is 1. The Balaban J connectivity index is 1.70. The van der Waals surface area contributed by atoms with E-state index in [1.54, 1.807) is 30.5 Å². The maximum atomic E-state index is 10.9. The van der Waals surface area contributed by atoms with Crippen LogP contribution in [-0.2, 0) is 6.61 Å². The monoisotopic (exact) mass is 345 g/mol. The molecule has 3 aromatic rings. The van der Waals surface area contributed by atoms with Crippen LogP contribution in [0.1, 0.15) is 27.0 Å². The molecule has 3 aromatic carbocycles. The first kappa shape index (κ1) is 17.4. The van der Waals surface area contributed by atoms with E-state index in [1.807, 2.05) is 55.5 Å². The van der Waals surface area contributed by atoms with Crippen molar-refractivity contribution >= 4 is 17.9 Å². The third kappa shape index (κ3) is 4.57. The minimum atomic E-state index is -0.935. The van der Waals surface area contributed by atoms with Gasteiger partial charge in [0.1, 0.15) is 12.4 Å². The van der Waals surface area contributed by atoms with Gasteiger partial charge in [0.15, 0.2) is 0 Å². The van der Waals surface area contributed by atoms with Crippen molar-refractivity contribution < 1.29 is 14.6 Å². The number of aliphatic imine (C=N–C) groups is 1. The maximum absolute atomic E-state index is 10.9. The van der Waals surface area contributed by atoms with E-state index in [0.717, 1.165) is 22.6 Å². The Morgan fingerprint density at radius 1 is 1.00 bits per heavy atom. The molecule has 0 aliphatic rings. The molecule has 0 radical (unpaired) electrons. The lowest BCUT2D eigenvalue weighted by molar-refractivity contribution is 0.0697. The van der Waals surface area contributed by atoms with Crippen LogP contribution in [0.5, 0.6) is 5.75 Å². The van der Waals surface area contributed by atoms with Crippen LogP contribution >= 0.6 is 0 Å². The van der Waals surface area contributed by atoms with Gasteiger partial charge in [-0.1, -0.05) is 42.0 Å². The topological polar surface area (TPSA) is 58.9 Å². The first-order valence-electron chi connectivity index (χ1n) is 8.26. The van der Waals surface area contributed by atoms with E-state index in [1.165, 1.54) is 5.56 Å². The zero-order valence-corrected chi connectivity index (χ0v) is 14.4. The van der Waals surface area contributed by atoms with E-state index in [4.69, 9.17) is 9.84 Å². The van der Waals surface area contributed by atoms with Crippen molar-refractivity contribution in [3.05, 3.63) is 95.1 Å². The summed E-state index contributed by atoms with van der Waals surface area (Å²) in [5, 5.41) is 8.94. The highest BCUT2D eigenvalue weighted by Crippen LogP contribution is 2.20. The fourth-order valence-electron chi connectivity index (χ4n) is 2.40. The molecular formula is C22H19NO3. The van der Waals surface area contributed by atoms with Gasteiger partial charge in [-0.15, -0.1) is 0 Å². The maximum Gasteiger partial charge on any atom is 0.335 e. The van der Waals surface area contributed by atoms with E-state index >= 15 is 0 Å². The Bertz CT molecular complexity index is 913. The molecule has 0 fully saturated rings. The lowest BCUT2D eigenvalue weighted by atomic mass is 10.1. The van der Waals surface area contributed by atoms with Gasteiger partial charge in [-0.2, -0.15) is 0 Å². The van der Waals surface area contributed by atoms with Crippen LogP contribution in [-0.4, -0.2) is 17.3 Å². The SMILES string of the molecule is Cc1ccc(N=Cc2ccccc2OCc2ccc(C(=O)O)cc2)cc1. The molecule has 0 atom stereocenters. The van der Waals surface area contributed by atoms with Crippen molar-refractivity contribution in [1.82, 2.24) is 0 Å². The summed E-state index contributed by atoms with van der Waals surface area (Å²) >= 11 is 0. The molecule has 0 heterocycles. The van der Waals surface area contributed by atoms with Gasteiger partial charge in [0.25, 0.3) is 0 Å². The molecule has 0 bridgehead atoms. The van der Waals surface area contributed by atoms with Gasteiger partial charge in [-0.25, -0.2) is 4.79 Å². The summed E-state index contributed by atoms with van der Waals surface area (Å²) < 4.78 is 5.89. The molecule has 0 unspecified atom stereocenters. The Labute approximate surface area is 152 Å². The lowest BCUT2D eigenvalue weighted by Gasteiger charge is -2.09. The molecular weight excluding hydrogens is 326 g/mol. The molecule has 3 rings (SSSR count). The van der Waals surface area contributed by atoms with Crippen molar-refractivity contribution in [2.24, 2.45) is 4.99 Å². The number of hydrogen-bond donors (Lipinski definition) is 1. The fraction of sp³-hybridized carbons (Fsp3) is 0.0909. The van der Waals surface area contributed by atoms with Gasteiger partial charge >= 0.3 is 5.97 Å².